The van der Waals surface area contributed by atoms with Crippen LogP contribution in [-0.4, -0.2) is 23.8 Å². The van der Waals surface area contributed by atoms with Crippen LogP contribution >= 0.6 is 0 Å². The smallest absolute Gasteiger partial charge is 0.316 e. The van der Waals surface area contributed by atoms with Crippen LogP contribution in [0.1, 0.15) is 11.1 Å². The van der Waals surface area contributed by atoms with Crippen LogP contribution < -0.4 is 4.90 Å². The molecule has 3 aromatic rings. The van der Waals surface area contributed by atoms with Gasteiger partial charge in [-0.15, -0.1) is 0 Å². The Kier molecular flexibility index (Phi) is 6.00. The number of anilines is 1. The number of hydrogen-bond acceptors (Lipinski definition) is 2. The van der Waals surface area contributed by atoms with Crippen molar-refractivity contribution in [3.05, 3.63) is 102 Å². The number of rotatable bonds is 5. The van der Waals surface area contributed by atoms with E-state index >= 15 is 0 Å². The first-order valence-corrected chi connectivity index (χ1v) is 8.85. The van der Waals surface area contributed by atoms with Gasteiger partial charge in [0.25, 0.3) is 0 Å². The molecule has 0 aliphatic carbocycles. The van der Waals surface area contributed by atoms with E-state index < -0.39 is 11.8 Å². The first-order valence-electron chi connectivity index (χ1n) is 8.85. The maximum absolute atomic E-state index is 13.0. The molecule has 0 unspecified atom stereocenters. The summed E-state index contributed by atoms with van der Waals surface area (Å²) in [4.78, 5) is 28.8. The monoisotopic (exact) mass is 358 g/mol. The summed E-state index contributed by atoms with van der Waals surface area (Å²) in [7, 11) is 1.65. The Morgan fingerprint density at radius 3 is 1.59 bits per heavy atom. The van der Waals surface area contributed by atoms with Crippen molar-refractivity contribution < 1.29 is 9.59 Å². The SMILES string of the molecule is CN(Cc1ccccc1)C(=O)C(=O)N(Cc1ccccc1)c1ccccc1. The first-order chi connectivity index (χ1) is 13.1. The van der Waals surface area contributed by atoms with Gasteiger partial charge in [-0.05, 0) is 23.3 Å². The predicted molar refractivity (Wildman–Crippen MR) is 107 cm³/mol. The van der Waals surface area contributed by atoms with Crippen molar-refractivity contribution in [2.45, 2.75) is 13.1 Å². The molecule has 0 aliphatic heterocycles. The fraction of sp³-hybridized carbons (Fsp3) is 0.130. The largest absolute Gasteiger partial charge is 0.333 e. The first kappa shape index (κ1) is 18.4. The molecule has 3 rings (SSSR count). The van der Waals surface area contributed by atoms with Crippen molar-refractivity contribution >= 4 is 17.5 Å². The van der Waals surface area contributed by atoms with Gasteiger partial charge in [0.15, 0.2) is 0 Å². The van der Waals surface area contributed by atoms with Crippen molar-refractivity contribution in [3.63, 3.8) is 0 Å². The second-order valence-corrected chi connectivity index (χ2v) is 6.36. The maximum Gasteiger partial charge on any atom is 0.316 e. The van der Waals surface area contributed by atoms with Crippen LogP contribution in [-0.2, 0) is 22.7 Å². The number of carbonyl (C=O) groups excluding carboxylic acids is 2. The lowest BCUT2D eigenvalue weighted by atomic mass is 10.2. The van der Waals surface area contributed by atoms with Gasteiger partial charge in [0.05, 0.1) is 6.54 Å². The van der Waals surface area contributed by atoms with E-state index in [1.807, 2.05) is 91.0 Å². The Bertz CT molecular complexity index is 880. The third-order valence-electron chi connectivity index (χ3n) is 4.29. The molecule has 4 nitrogen and oxygen atoms in total. The third-order valence-corrected chi connectivity index (χ3v) is 4.29. The van der Waals surface area contributed by atoms with E-state index in [0.717, 1.165) is 11.1 Å². The Labute approximate surface area is 159 Å². The molecule has 27 heavy (non-hydrogen) atoms. The van der Waals surface area contributed by atoms with E-state index in [4.69, 9.17) is 0 Å². The molecule has 3 aromatic carbocycles. The van der Waals surface area contributed by atoms with Crippen LogP contribution in [0.15, 0.2) is 91.0 Å². The molecule has 0 saturated heterocycles. The number of para-hydroxylation sites is 1. The van der Waals surface area contributed by atoms with Gasteiger partial charge in [-0.25, -0.2) is 0 Å². The van der Waals surface area contributed by atoms with Gasteiger partial charge < -0.3 is 4.90 Å². The van der Waals surface area contributed by atoms with Crippen molar-refractivity contribution in [2.24, 2.45) is 0 Å². The zero-order valence-electron chi connectivity index (χ0n) is 15.3. The summed E-state index contributed by atoms with van der Waals surface area (Å²) in [6, 6.07) is 28.6. The summed E-state index contributed by atoms with van der Waals surface area (Å²) in [5.41, 5.74) is 2.65. The molecule has 0 saturated carbocycles. The molecule has 0 atom stereocenters. The van der Waals surface area contributed by atoms with Crippen LogP contribution in [0.25, 0.3) is 0 Å². The molecular formula is C23H22N2O2. The van der Waals surface area contributed by atoms with Gasteiger partial charge in [-0.1, -0.05) is 78.9 Å². The summed E-state index contributed by atoms with van der Waals surface area (Å²) < 4.78 is 0. The minimum Gasteiger partial charge on any atom is -0.333 e. The van der Waals surface area contributed by atoms with Gasteiger partial charge in [-0.3, -0.25) is 14.5 Å². The van der Waals surface area contributed by atoms with Crippen LogP contribution in [0.4, 0.5) is 5.69 Å². The Morgan fingerprint density at radius 1 is 0.630 bits per heavy atom. The second-order valence-electron chi connectivity index (χ2n) is 6.36. The van der Waals surface area contributed by atoms with E-state index in [1.54, 1.807) is 7.05 Å². The molecule has 4 heteroatoms. The summed E-state index contributed by atoms with van der Waals surface area (Å²) >= 11 is 0. The summed E-state index contributed by atoms with van der Waals surface area (Å²) in [6.07, 6.45) is 0. The van der Waals surface area contributed by atoms with Gasteiger partial charge >= 0.3 is 11.8 Å². The number of likely N-dealkylation sites (N-methyl/N-ethyl adjacent to an activating group) is 1. The zero-order chi connectivity index (χ0) is 19.1. The van der Waals surface area contributed by atoms with Crippen LogP contribution in [0.3, 0.4) is 0 Å². The highest BCUT2D eigenvalue weighted by molar-refractivity contribution is 6.40. The number of carbonyl (C=O) groups is 2. The molecule has 0 aromatic heterocycles. The number of amides is 2. The van der Waals surface area contributed by atoms with E-state index in [2.05, 4.69) is 0 Å². The highest BCUT2D eigenvalue weighted by Crippen LogP contribution is 2.18. The van der Waals surface area contributed by atoms with E-state index in [9.17, 15) is 9.59 Å². The minimum atomic E-state index is -0.538. The topological polar surface area (TPSA) is 40.6 Å². The van der Waals surface area contributed by atoms with Crippen molar-refractivity contribution in [3.8, 4) is 0 Å². The molecular weight excluding hydrogens is 336 g/mol. The fourth-order valence-corrected chi connectivity index (χ4v) is 2.86. The predicted octanol–water partition coefficient (Wildman–Crippen LogP) is 3.88. The normalized spacial score (nSPS) is 10.3. The van der Waals surface area contributed by atoms with E-state index in [0.29, 0.717) is 18.8 Å². The highest BCUT2D eigenvalue weighted by Gasteiger charge is 2.26. The van der Waals surface area contributed by atoms with E-state index in [-0.39, 0.29) is 0 Å². The number of benzene rings is 3. The fourth-order valence-electron chi connectivity index (χ4n) is 2.86. The summed E-state index contributed by atoms with van der Waals surface area (Å²) in [5.74, 6) is -1.07. The Morgan fingerprint density at radius 2 is 1.07 bits per heavy atom. The van der Waals surface area contributed by atoms with Crippen molar-refractivity contribution in [1.29, 1.82) is 0 Å². The third kappa shape index (κ3) is 4.82. The lowest BCUT2D eigenvalue weighted by Gasteiger charge is -2.25. The van der Waals surface area contributed by atoms with Crippen molar-refractivity contribution in [2.75, 3.05) is 11.9 Å². The quantitative estimate of drug-likeness (QED) is 0.650. The highest BCUT2D eigenvalue weighted by atomic mass is 16.2. The Hall–Kier alpha value is -3.40. The summed E-state index contributed by atoms with van der Waals surface area (Å²) in [5, 5.41) is 0. The molecule has 0 aliphatic rings. The van der Waals surface area contributed by atoms with Gasteiger partial charge in [0.2, 0.25) is 0 Å². The van der Waals surface area contributed by atoms with Crippen LogP contribution in [0.5, 0.6) is 0 Å². The molecule has 0 spiro atoms. The average molecular weight is 358 g/mol. The van der Waals surface area contributed by atoms with Gasteiger partial charge in [-0.2, -0.15) is 0 Å². The maximum atomic E-state index is 13.0. The molecule has 2 amide bonds. The van der Waals surface area contributed by atoms with Crippen LogP contribution in [0, 0.1) is 0 Å². The second kappa shape index (κ2) is 8.81. The zero-order valence-corrected chi connectivity index (χ0v) is 15.3. The lowest BCUT2D eigenvalue weighted by Crippen LogP contribution is -2.43. The standard InChI is InChI=1S/C23H22N2O2/c1-24(17-19-11-5-2-6-12-19)22(26)23(27)25(21-15-9-4-10-16-21)18-20-13-7-3-8-14-20/h2-16H,17-18H2,1H3. The Balaban J connectivity index is 1.80. The average Bonchev–Trinajstić information content (AvgIpc) is 2.73. The van der Waals surface area contributed by atoms with E-state index in [1.165, 1.54) is 9.80 Å². The molecule has 0 N–H and O–H groups in total. The van der Waals surface area contributed by atoms with Gasteiger partial charge in [0.1, 0.15) is 0 Å². The minimum absolute atomic E-state index is 0.342. The van der Waals surface area contributed by atoms with Gasteiger partial charge in [0, 0.05) is 19.3 Å². The van der Waals surface area contributed by atoms with Crippen LogP contribution in [0.2, 0.25) is 0 Å². The molecule has 0 heterocycles. The summed E-state index contributed by atoms with van der Waals surface area (Å²) in [6.45, 7) is 0.730. The molecule has 0 radical (unpaired) electrons. The molecule has 136 valence electrons. The number of nitrogens with zero attached hydrogens (tertiary/aromatic N) is 2. The number of hydrogen-bond donors (Lipinski definition) is 0. The van der Waals surface area contributed by atoms with Crippen molar-refractivity contribution in [1.82, 2.24) is 4.90 Å². The molecule has 0 bridgehead atoms. The molecule has 0 fully saturated rings. The lowest BCUT2D eigenvalue weighted by molar-refractivity contribution is -0.143.